The highest BCUT2D eigenvalue weighted by Gasteiger charge is 2.30. The summed E-state index contributed by atoms with van der Waals surface area (Å²) in [4.78, 5) is 14.1. The van der Waals surface area contributed by atoms with Crippen LogP contribution < -0.4 is 0 Å². The van der Waals surface area contributed by atoms with Crippen molar-refractivity contribution in [3.8, 4) is 0 Å². The van der Waals surface area contributed by atoms with Crippen LogP contribution in [0.3, 0.4) is 0 Å². The molecule has 59 heavy (non-hydrogen) atoms. The summed E-state index contributed by atoms with van der Waals surface area (Å²) in [6, 6.07) is 48.0. The fraction of sp³-hybridized carbons (Fsp3) is 0.468. The highest BCUT2D eigenvalue weighted by Crippen LogP contribution is 2.22. The van der Waals surface area contributed by atoms with E-state index in [1.54, 1.807) is 28.4 Å². The summed E-state index contributed by atoms with van der Waals surface area (Å²) in [6.45, 7) is 14.1. The van der Waals surface area contributed by atoms with E-state index < -0.39 is 20.0 Å². The van der Waals surface area contributed by atoms with Gasteiger partial charge in [-0.25, -0.2) is 16.8 Å². The maximum Gasteiger partial charge on any atom is 0.222 e. The monoisotopic (exact) mass is 863 g/mol. The Morgan fingerprint density at radius 1 is 0.593 bits per heavy atom. The van der Waals surface area contributed by atoms with Crippen molar-refractivity contribution in [1.82, 2.24) is 4.90 Å². The van der Waals surface area contributed by atoms with Gasteiger partial charge in [-0.3, -0.25) is 4.79 Å². The number of hydrogen-bond acceptors (Lipinski definition) is 8. The van der Waals surface area contributed by atoms with Crippen LogP contribution in [0.15, 0.2) is 146 Å². The molecule has 1 heterocycles. The Balaban J connectivity index is -0.000000333. The SMILES string of the molecule is CC.CC(C)(C)CCC(=O)N1CC[N+](C)(CCCS(=O)(=O)[O-])CC1.COC.COC.CS(C)(=O)=O.c1ccccc1.c1ccccc1.c1ccccc1.c1ccccc1. The van der Waals surface area contributed by atoms with Crippen LogP contribution in [0.1, 0.15) is 53.9 Å². The number of carbonyl (C=O) groups is 1. The number of hydrogen-bond donors (Lipinski definition) is 0. The van der Waals surface area contributed by atoms with Crippen molar-refractivity contribution in [2.75, 3.05) is 86.5 Å². The molecule has 1 amide bonds. The molecule has 1 aliphatic heterocycles. The van der Waals surface area contributed by atoms with Gasteiger partial charge < -0.3 is 23.4 Å². The van der Waals surface area contributed by atoms with E-state index in [2.05, 4.69) is 37.3 Å². The fourth-order valence-corrected chi connectivity index (χ4v) is 4.71. The minimum absolute atomic E-state index is 0.167. The molecule has 1 aliphatic rings. The van der Waals surface area contributed by atoms with Crippen molar-refractivity contribution in [2.45, 2.75) is 53.9 Å². The third-order valence-corrected chi connectivity index (χ3v) is 7.81. The van der Waals surface area contributed by atoms with Crippen LogP contribution in [0.25, 0.3) is 0 Å². The zero-order valence-electron chi connectivity index (χ0n) is 38.2. The number of methoxy groups -OCH3 is 2. The van der Waals surface area contributed by atoms with E-state index in [1.165, 1.54) is 0 Å². The number of likely N-dealkylation sites (N-methyl/N-ethyl adjacent to an activating group) is 1. The van der Waals surface area contributed by atoms with E-state index in [1.807, 2.05) is 164 Å². The van der Waals surface area contributed by atoms with Gasteiger partial charge in [-0.2, -0.15) is 0 Å². The molecule has 0 radical (unpaired) electrons. The molecule has 4 aromatic carbocycles. The van der Waals surface area contributed by atoms with Gasteiger partial charge in [-0.05, 0) is 11.8 Å². The molecule has 10 nitrogen and oxygen atoms in total. The largest absolute Gasteiger partial charge is 0.748 e. The molecule has 336 valence electrons. The summed E-state index contributed by atoms with van der Waals surface area (Å²) < 4.78 is 60.5. The molecule has 0 spiro atoms. The summed E-state index contributed by atoms with van der Waals surface area (Å²) in [5.74, 6) is -0.0852. The maximum atomic E-state index is 12.2. The Labute approximate surface area is 360 Å². The van der Waals surface area contributed by atoms with Gasteiger partial charge in [-0.1, -0.05) is 180 Å². The van der Waals surface area contributed by atoms with E-state index in [4.69, 9.17) is 0 Å². The predicted molar refractivity (Wildman–Crippen MR) is 249 cm³/mol. The van der Waals surface area contributed by atoms with Gasteiger partial charge >= 0.3 is 0 Å². The van der Waals surface area contributed by atoms with Crippen LogP contribution in [0, 0.1) is 5.41 Å². The zero-order valence-corrected chi connectivity index (χ0v) is 39.8. The molecule has 12 heteroatoms. The van der Waals surface area contributed by atoms with Crippen molar-refractivity contribution in [3.63, 3.8) is 0 Å². The molecule has 5 rings (SSSR count). The van der Waals surface area contributed by atoms with Gasteiger partial charge in [0.15, 0.2) is 0 Å². The first-order valence-corrected chi connectivity index (χ1v) is 23.6. The molecular weight excluding hydrogens is 785 g/mol. The second kappa shape index (κ2) is 40.9. The minimum atomic E-state index is -4.12. The van der Waals surface area contributed by atoms with Gasteiger partial charge in [0.1, 0.15) is 9.84 Å². The molecule has 1 saturated heterocycles. The van der Waals surface area contributed by atoms with Crippen LogP contribution in [-0.2, 0) is 34.2 Å². The van der Waals surface area contributed by atoms with Crippen molar-refractivity contribution in [3.05, 3.63) is 146 Å². The first kappa shape index (κ1) is 61.7. The number of ether oxygens (including phenoxy) is 2. The molecule has 0 unspecified atom stereocenters. The topological polar surface area (TPSA) is 130 Å². The number of benzene rings is 4. The Kier molecular flexibility index (Phi) is 42.8. The lowest BCUT2D eigenvalue weighted by molar-refractivity contribution is -0.913. The van der Waals surface area contributed by atoms with Gasteiger partial charge in [-0.15, -0.1) is 0 Å². The van der Waals surface area contributed by atoms with Crippen LogP contribution in [0.4, 0.5) is 0 Å². The molecule has 0 aliphatic carbocycles. The smallest absolute Gasteiger partial charge is 0.222 e. The highest BCUT2D eigenvalue weighted by molar-refractivity contribution is 7.89. The van der Waals surface area contributed by atoms with E-state index in [9.17, 15) is 26.2 Å². The van der Waals surface area contributed by atoms with E-state index in [0.717, 1.165) is 36.5 Å². The average molecular weight is 863 g/mol. The molecular formula is C47H78N2O8S2. The molecule has 0 atom stereocenters. The summed E-state index contributed by atoms with van der Waals surface area (Å²) in [7, 11) is 1.78. The Bertz CT molecular complexity index is 1370. The lowest BCUT2D eigenvalue weighted by atomic mass is 9.90. The van der Waals surface area contributed by atoms with Crippen molar-refractivity contribution in [2.24, 2.45) is 5.41 Å². The van der Waals surface area contributed by atoms with Crippen LogP contribution >= 0.6 is 0 Å². The summed E-state index contributed by atoms with van der Waals surface area (Å²) in [6.07, 6.45) is 4.18. The Morgan fingerprint density at radius 2 is 0.814 bits per heavy atom. The first-order chi connectivity index (χ1) is 27.7. The lowest BCUT2D eigenvalue weighted by Crippen LogP contribution is -2.58. The normalized spacial score (nSPS) is 12.1. The number of amides is 1. The van der Waals surface area contributed by atoms with Gasteiger partial charge in [0, 0.05) is 59.5 Å². The van der Waals surface area contributed by atoms with Crippen molar-refractivity contribution >= 4 is 25.9 Å². The Hall–Kier alpha value is -3.91. The summed E-state index contributed by atoms with van der Waals surface area (Å²) in [5, 5.41) is 0. The number of piperazine rings is 1. The second-order valence-corrected chi connectivity index (χ2v) is 18.2. The molecule has 1 fully saturated rings. The van der Waals surface area contributed by atoms with Gasteiger partial charge in [0.2, 0.25) is 5.91 Å². The lowest BCUT2D eigenvalue weighted by Gasteiger charge is -2.42. The van der Waals surface area contributed by atoms with Gasteiger partial charge in [0.25, 0.3) is 0 Å². The van der Waals surface area contributed by atoms with E-state index in [-0.39, 0.29) is 17.1 Å². The van der Waals surface area contributed by atoms with Crippen molar-refractivity contribution < 1.29 is 40.1 Å². The third kappa shape index (κ3) is 58.5. The third-order valence-electron chi connectivity index (χ3n) is 7.02. The number of quaternary nitrogens is 1. The minimum Gasteiger partial charge on any atom is -0.748 e. The second-order valence-electron chi connectivity index (χ2n) is 14.4. The fourth-order valence-electron chi connectivity index (χ4n) is 4.22. The number of rotatable bonds is 6. The number of carbonyl (C=O) groups excluding carboxylic acids is 1. The van der Waals surface area contributed by atoms with Crippen molar-refractivity contribution in [1.29, 1.82) is 0 Å². The molecule has 4 aromatic rings. The van der Waals surface area contributed by atoms with Crippen LogP contribution in [0.2, 0.25) is 0 Å². The standard InChI is InChI=1S/C15H30N2O4S.4C6H6.C2H6O2S.2C2H6O.C2H6/c1-15(2,3)7-6-14(18)16-8-11-17(4,12-9-16)10-5-13-22(19,20)21;4*1-2-4-6-5-3-1;1-5(2,3)4;2*1-3-2;1-2/h5-13H2,1-4H3;4*1-6H;1-2H3;2*1-2H3;1-2H3. The molecule has 0 aromatic heterocycles. The maximum absolute atomic E-state index is 12.2. The highest BCUT2D eigenvalue weighted by atomic mass is 32.2. The Morgan fingerprint density at radius 3 is 1.00 bits per heavy atom. The quantitative estimate of drug-likeness (QED) is 0.139. The van der Waals surface area contributed by atoms with Crippen LogP contribution in [-0.4, -0.2) is 123 Å². The zero-order chi connectivity index (χ0) is 45.9. The molecule has 0 N–H and O–H groups in total. The molecule has 0 bridgehead atoms. The predicted octanol–water partition coefficient (Wildman–Crippen LogP) is 9.00. The average Bonchev–Trinajstić information content (AvgIpc) is 3.21. The summed E-state index contributed by atoms with van der Waals surface area (Å²) >= 11 is 0. The van der Waals surface area contributed by atoms with E-state index >= 15 is 0 Å². The van der Waals surface area contributed by atoms with Crippen LogP contribution in [0.5, 0.6) is 0 Å². The summed E-state index contributed by atoms with van der Waals surface area (Å²) in [5.41, 5.74) is 0.167. The molecule has 0 saturated carbocycles. The first-order valence-electron chi connectivity index (χ1n) is 19.7. The van der Waals surface area contributed by atoms with Gasteiger partial charge in [0.05, 0.1) is 49.9 Å². The van der Waals surface area contributed by atoms with E-state index in [0.29, 0.717) is 32.5 Å². The number of sulfone groups is 1. The number of nitrogens with zero attached hydrogens (tertiary/aromatic N) is 2.